The van der Waals surface area contributed by atoms with Gasteiger partial charge in [-0.1, -0.05) is 6.42 Å². The van der Waals surface area contributed by atoms with Gasteiger partial charge < -0.3 is 15.6 Å². The van der Waals surface area contributed by atoms with Crippen LogP contribution in [-0.4, -0.2) is 16.7 Å². The maximum Gasteiger partial charge on any atom is 0.328 e. The quantitative estimate of drug-likeness (QED) is 0.644. The lowest BCUT2D eigenvalue weighted by molar-refractivity contribution is -0.131. The Balaban J connectivity index is 1.93. The number of benzene rings is 1. The summed E-state index contributed by atoms with van der Waals surface area (Å²) in [6.45, 7) is 0. The van der Waals surface area contributed by atoms with Crippen molar-refractivity contribution >= 4 is 23.8 Å². The summed E-state index contributed by atoms with van der Waals surface area (Å²) in [6, 6.07) is 3.69. The van der Waals surface area contributed by atoms with Crippen LogP contribution in [-0.2, 0) is 4.79 Å². The van der Waals surface area contributed by atoms with Crippen LogP contribution < -0.4 is 10.5 Å². The molecular weight excluding hydrogens is 266 g/mol. The van der Waals surface area contributed by atoms with Crippen molar-refractivity contribution < 1.29 is 14.6 Å². The van der Waals surface area contributed by atoms with E-state index in [4.69, 9.17) is 15.6 Å². The normalized spacial score (nSPS) is 19.4. The predicted molar refractivity (Wildman–Crippen MR) is 83.0 cm³/mol. The van der Waals surface area contributed by atoms with E-state index < -0.39 is 5.97 Å². The molecule has 1 aliphatic carbocycles. The SMILES string of the molecule is Nc1c(/C=C/C(=O)O)ccc2c1C=CC1(CCCCC1)O2. The molecule has 1 heterocycles. The third-order valence-corrected chi connectivity index (χ3v) is 4.25. The number of ether oxygens (including phenoxy) is 1. The first-order valence-corrected chi connectivity index (χ1v) is 7.31. The maximum atomic E-state index is 10.6. The summed E-state index contributed by atoms with van der Waals surface area (Å²) in [4.78, 5) is 10.6. The molecule has 3 N–H and O–H groups in total. The second kappa shape index (κ2) is 5.28. The van der Waals surface area contributed by atoms with E-state index in [1.807, 2.05) is 18.2 Å². The fraction of sp³-hybridized carbons (Fsp3) is 0.353. The molecule has 1 spiro atoms. The number of carboxylic acids is 1. The standard InChI is InChI=1S/C17H19NO3/c18-16-12(5-7-15(19)20)4-6-14-13(16)8-11-17(21-14)9-2-1-3-10-17/h4-8,11H,1-3,9-10,18H2,(H,19,20)/b7-5+. The van der Waals surface area contributed by atoms with Gasteiger partial charge in [0.05, 0.1) is 0 Å². The van der Waals surface area contributed by atoms with Crippen LogP contribution in [0.5, 0.6) is 5.75 Å². The minimum atomic E-state index is -0.986. The van der Waals surface area contributed by atoms with Gasteiger partial charge in [-0.25, -0.2) is 4.79 Å². The van der Waals surface area contributed by atoms with Crippen molar-refractivity contribution in [2.45, 2.75) is 37.7 Å². The molecule has 2 aliphatic rings. The maximum absolute atomic E-state index is 10.6. The Labute approximate surface area is 123 Å². The molecule has 0 amide bonds. The zero-order valence-corrected chi connectivity index (χ0v) is 11.8. The summed E-state index contributed by atoms with van der Waals surface area (Å²) >= 11 is 0. The first-order chi connectivity index (χ1) is 10.1. The summed E-state index contributed by atoms with van der Waals surface area (Å²) < 4.78 is 6.21. The number of nitrogens with two attached hydrogens (primary N) is 1. The Kier molecular flexibility index (Phi) is 3.45. The van der Waals surface area contributed by atoms with Crippen molar-refractivity contribution in [3.63, 3.8) is 0 Å². The summed E-state index contributed by atoms with van der Waals surface area (Å²) in [5, 5.41) is 8.70. The lowest BCUT2D eigenvalue weighted by atomic mass is 9.82. The second-order valence-corrected chi connectivity index (χ2v) is 5.71. The third-order valence-electron chi connectivity index (χ3n) is 4.25. The molecule has 0 unspecified atom stereocenters. The van der Waals surface area contributed by atoms with E-state index >= 15 is 0 Å². The Bertz CT molecular complexity index is 625. The third kappa shape index (κ3) is 2.66. The number of fused-ring (bicyclic) bond motifs is 1. The van der Waals surface area contributed by atoms with Crippen LogP contribution in [0.2, 0.25) is 0 Å². The van der Waals surface area contributed by atoms with Gasteiger partial charge in [0.2, 0.25) is 0 Å². The second-order valence-electron chi connectivity index (χ2n) is 5.71. The molecule has 1 aromatic carbocycles. The molecule has 0 saturated heterocycles. The van der Waals surface area contributed by atoms with Crippen LogP contribution >= 0.6 is 0 Å². The zero-order chi connectivity index (χ0) is 14.9. The number of carbonyl (C=O) groups is 1. The van der Waals surface area contributed by atoms with E-state index in [1.165, 1.54) is 25.3 Å². The van der Waals surface area contributed by atoms with Crippen molar-refractivity contribution in [3.05, 3.63) is 35.4 Å². The lowest BCUT2D eigenvalue weighted by Crippen LogP contribution is -2.37. The molecule has 0 radical (unpaired) electrons. The average molecular weight is 285 g/mol. The van der Waals surface area contributed by atoms with Crippen molar-refractivity contribution in [2.24, 2.45) is 0 Å². The first kappa shape index (κ1) is 13.7. The molecule has 0 atom stereocenters. The highest BCUT2D eigenvalue weighted by Gasteiger charge is 2.34. The van der Waals surface area contributed by atoms with E-state index in [1.54, 1.807) is 0 Å². The van der Waals surface area contributed by atoms with E-state index in [-0.39, 0.29) is 5.60 Å². The van der Waals surface area contributed by atoms with Crippen molar-refractivity contribution in [2.75, 3.05) is 5.73 Å². The fourth-order valence-electron chi connectivity index (χ4n) is 3.11. The molecule has 1 aliphatic heterocycles. The number of carboxylic acid groups (broad SMARTS) is 1. The predicted octanol–water partition coefficient (Wildman–Crippen LogP) is 3.48. The molecule has 4 nitrogen and oxygen atoms in total. The Morgan fingerprint density at radius 3 is 2.76 bits per heavy atom. The van der Waals surface area contributed by atoms with Crippen molar-refractivity contribution in [3.8, 4) is 5.75 Å². The van der Waals surface area contributed by atoms with Gasteiger partial charge in [0, 0.05) is 17.3 Å². The molecular formula is C17H19NO3. The van der Waals surface area contributed by atoms with Crippen molar-refractivity contribution in [1.82, 2.24) is 0 Å². The van der Waals surface area contributed by atoms with Gasteiger partial charge >= 0.3 is 5.97 Å². The molecule has 21 heavy (non-hydrogen) atoms. The van der Waals surface area contributed by atoms with Crippen molar-refractivity contribution in [1.29, 1.82) is 0 Å². The number of aliphatic carboxylic acids is 1. The van der Waals surface area contributed by atoms with Crippen LogP contribution in [0.4, 0.5) is 5.69 Å². The highest BCUT2D eigenvalue weighted by molar-refractivity contribution is 5.88. The minimum Gasteiger partial charge on any atom is -0.482 e. The molecule has 1 aromatic rings. The summed E-state index contributed by atoms with van der Waals surface area (Å²) in [6.07, 6.45) is 12.5. The minimum absolute atomic E-state index is 0.171. The number of hydrogen-bond acceptors (Lipinski definition) is 3. The highest BCUT2D eigenvalue weighted by Crippen LogP contribution is 2.42. The topological polar surface area (TPSA) is 72.6 Å². The first-order valence-electron chi connectivity index (χ1n) is 7.31. The highest BCUT2D eigenvalue weighted by atomic mass is 16.5. The zero-order valence-electron chi connectivity index (χ0n) is 11.8. The Morgan fingerprint density at radius 1 is 1.29 bits per heavy atom. The van der Waals surface area contributed by atoms with Gasteiger partial charge in [-0.05, 0) is 61.6 Å². The summed E-state index contributed by atoms with van der Waals surface area (Å²) in [7, 11) is 0. The monoisotopic (exact) mass is 285 g/mol. The summed E-state index contributed by atoms with van der Waals surface area (Å²) in [5.41, 5.74) is 8.07. The van der Waals surface area contributed by atoms with Crippen LogP contribution in [0.1, 0.15) is 43.2 Å². The Morgan fingerprint density at radius 2 is 2.05 bits per heavy atom. The molecule has 4 heteroatoms. The molecule has 110 valence electrons. The number of nitrogen functional groups attached to an aromatic ring is 1. The molecule has 3 rings (SSSR count). The van der Waals surface area contributed by atoms with Gasteiger partial charge in [0.15, 0.2) is 0 Å². The fourth-order valence-corrected chi connectivity index (χ4v) is 3.11. The van der Waals surface area contributed by atoms with Crippen LogP contribution in [0, 0.1) is 0 Å². The van der Waals surface area contributed by atoms with Crippen LogP contribution in [0.25, 0.3) is 12.2 Å². The smallest absolute Gasteiger partial charge is 0.328 e. The van der Waals surface area contributed by atoms with E-state index in [2.05, 4.69) is 6.08 Å². The van der Waals surface area contributed by atoms with Gasteiger partial charge in [-0.2, -0.15) is 0 Å². The van der Waals surface area contributed by atoms with Crippen LogP contribution in [0.15, 0.2) is 24.3 Å². The number of hydrogen-bond donors (Lipinski definition) is 2. The van der Waals surface area contributed by atoms with Gasteiger partial charge in [-0.15, -0.1) is 0 Å². The molecule has 1 saturated carbocycles. The number of anilines is 1. The summed E-state index contributed by atoms with van der Waals surface area (Å²) in [5.74, 6) is -0.190. The van der Waals surface area contributed by atoms with E-state index in [0.717, 1.165) is 30.2 Å². The van der Waals surface area contributed by atoms with Gasteiger partial charge in [-0.3, -0.25) is 0 Å². The van der Waals surface area contributed by atoms with Crippen LogP contribution in [0.3, 0.4) is 0 Å². The van der Waals surface area contributed by atoms with Gasteiger partial charge in [0.25, 0.3) is 0 Å². The lowest BCUT2D eigenvalue weighted by Gasteiger charge is -2.38. The Hall–Kier alpha value is -2.23. The number of rotatable bonds is 2. The van der Waals surface area contributed by atoms with Gasteiger partial charge in [0.1, 0.15) is 11.4 Å². The molecule has 1 fully saturated rings. The largest absolute Gasteiger partial charge is 0.482 e. The average Bonchev–Trinajstić information content (AvgIpc) is 2.47. The molecule has 0 bridgehead atoms. The molecule has 0 aromatic heterocycles. The van der Waals surface area contributed by atoms with E-state index in [9.17, 15) is 4.79 Å². The van der Waals surface area contributed by atoms with E-state index in [0.29, 0.717) is 11.3 Å².